The minimum absolute atomic E-state index is 0.0489. The highest BCUT2D eigenvalue weighted by molar-refractivity contribution is 8.00. The zero-order valence-corrected chi connectivity index (χ0v) is 14.6. The van der Waals surface area contributed by atoms with Gasteiger partial charge in [0.1, 0.15) is 0 Å². The van der Waals surface area contributed by atoms with E-state index in [9.17, 15) is 4.79 Å². The molecule has 2 aromatic rings. The van der Waals surface area contributed by atoms with Gasteiger partial charge in [-0.05, 0) is 66.1 Å². The van der Waals surface area contributed by atoms with Crippen LogP contribution in [0, 0.1) is 0 Å². The standard InChI is InChI=1S/C20H23NOS/c1-14(2)15-6-9-18(10-7-15)21-20(22)13-23-19-11-8-16-4-3-5-17(16)12-19/h6-12,14H,3-5,13H2,1-2H3,(H,21,22). The number of aryl methyl sites for hydroxylation is 2. The number of hydrogen-bond donors (Lipinski definition) is 1. The molecule has 0 unspecified atom stereocenters. The van der Waals surface area contributed by atoms with Crippen LogP contribution in [0.4, 0.5) is 5.69 Å². The van der Waals surface area contributed by atoms with E-state index in [1.807, 2.05) is 12.1 Å². The van der Waals surface area contributed by atoms with Crippen LogP contribution in [0.15, 0.2) is 47.4 Å². The number of fused-ring (bicyclic) bond motifs is 1. The molecule has 1 amide bonds. The normalized spacial score (nSPS) is 13.2. The van der Waals surface area contributed by atoms with Crippen molar-refractivity contribution in [3.05, 3.63) is 59.2 Å². The van der Waals surface area contributed by atoms with Gasteiger partial charge in [0.05, 0.1) is 5.75 Å². The van der Waals surface area contributed by atoms with E-state index in [0.717, 1.165) is 5.69 Å². The maximum atomic E-state index is 12.1. The molecule has 0 aromatic heterocycles. The van der Waals surface area contributed by atoms with Crippen molar-refractivity contribution in [1.29, 1.82) is 0 Å². The molecule has 0 aliphatic heterocycles. The van der Waals surface area contributed by atoms with E-state index in [2.05, 4.69) is 49.5 Å². The predicted octanol–water partition coefficient (Wildman–Crippen LogP) is 5.03. The van der Waals surface area contributed by atoms with Crippen molar-refractivity contribution in [1.82, 2.24) is 0 Å². The van der Waals surface area contributed by atoms with Crippen molar-refractivity contribution in [2.24, 2.45) is 0 Å². The lowest BCUT2D eigenvalue weighted by Crippen LogP contribution is -2.13. The number of amides is 1. The fraction of sp³-hybridized carbons (Fsp3) is 0.350. The monoisotopic (exact) mass is 325 g/mol. The maximum Gasteiger partial charge on any atom is 0.234 e. The Balaban J connectivity index is 1.53. The molecule has 0 heterocycles. The second kappa shape index (κ2) is 7.22. The predicted molar refractivity (Wildman–Crippen MR) is 98.4 cm³/mol. The van der Waals surface area contributed by atoms with Crippen molar-refractivity contribution in [2.75, 3.05) is 11.1 Å². The number of carbonyl (C=O) groups is 1. The highest BCUT2D eigenvalue weighted by Crippen LogP contribution is 2.27. The molecule has 1 aliphatic carbocycles. The molecule has 0 fully saturated rings. The van der Waals surface area contributed by atoms with Crippen molar-refractivity contribution >= 4 is 23.4 Å². The number of thioether (sulfide) groups is 1. The SMILES string of the molecule is CC(C)c1ccc(NC(=O)CSc2ccc3c(c2)CCC3)cc1. The Hall–Kier alpha value is -1.74. The van der Waals surface area contributed by atoms with E-state index in [1.165, 1.54) is 40.8 Å². The summed E-state index contributed by atoms with van der Waals surface area (Å²) >= 11 is 1.61. The lowest BCUT2D eigenvalue weighted by Gasteiger charge is -2.09. The Morgan fingerprint density at radius 1 is 1.09 bits per heavy atom. The summed E-state index contributed by atoms with van der Waals surface area (Å²) in [6, 6.07) is 14.7. The lowest BCUT2D eigenvalue weighted by atomic mass is 10.0. The molecule has 0 saturated carbocycles. The molecule has 1 N–H and O–H groups in total. The van der Waals surface area contributed by atoms with Crippen LogP contribution < -0.4 is 5.32 Å². The molecular weight excluding hydrogens is 302 g/mol. The van der Waals surface area contributed by atoms with Crippen molar-refractivity contribution < 1.29 is 4.79 Å². The smallest absolute Gasteiger partial charge is 0.234 e. The highest BCUT2D eigenvalue weighted by atomic mass is 32.2. The van der Waals surface area contributed by atoms with E-state index >= 15 is 0 Å². The third kappa shape index (κ3) is 4.17. The molecule has 120 valence electrons. The molecule has 0 atom stereocenters. The number of carbonyl (C=O) groups excluding carboxylic acids is 1. The molecular formula is C20H23NOS. The zero-order valence-electron chi connectivity index (χ0n) is 13.8. The summed E-state index contributed by atoms with van der Waals surface area (Å²) < 4.78 is 0. The number of nitrogens with one attached hydrogen (secondary N) is 1. The third-order valence-electron chi connectivity index (χ3n) is 4.30. The first-order valence-corrected chi connectivity index (χ1v) is 9.25. The van der Waals surface area contributed by atoms with Gasteiger partial charge in [0, 0.05) is 10.6 Å². The number of hydrogen-bond acceptors (Lipinski definition) is 2. The first kappa shape index (κ1) is 16.1. The summed E-state index contributed by atoms with van der Waals surface area (Å²) in [5.41, 5.74) is 5.09. The fourth-order valence-electron chi connectivity index (χ4n) is 2.94. The summed E-state index contributed by atoms with van der Waals surface area (Å²) in [6.45, 7) is 4.34. The van der Waals surface area contributed by atoms with E-state index in [1.54, 1.807) is 11.8 Å². The Labute approximate surface area is 142 Å². The molecule has 0 saturated heterocycles. The van der Waals surface area contributed by atoms with Crippen molar-refractivity contribution in [3.8, 4) is 0 Å². The average Bonchev–Trinajstić information content (AvgIpc) is 3.01. The van der Waals surface area contributed by atoms with Crippen LogP contribution in [0.5, 0.6) is 0 Å². The van der Waals surface area contributed by atoms with Gasteiger partial charge in [-0.25, -0.2) is 0 Å². The van der Waals surface area contributed by atoms with Crippen LogP contribution in [0.25, 0.3) is 0 Å². The summed E-state index contributed by atoms with van der Waals surface area (Å²) in [7, 11) is 0. The molecule has 3 rings (SSSR count). The van der Waals surface area contributed by atoms with Gasteiger partial charge < -0.3 is 5.32 Å². The maximum absolute atomic E-state index is 12.1. The third-order valence-corrected chi connectivity index (χ3v) is 5.29. The van der Waals surface area contributed by atoms with Gasteiger partial charge >= 0.3 is 0 Å². The Morgan fingerprint density at radius 2 is 1.83 bits per heavy atom. The summed E-state index contributed by atoms with van der Waals surface area (Å²) in [6.07, 6.45) is 3.64. The van der Waals surface area contributed by atoms with Gasteiger partial charge in [-0.1, -0.05) is 32.0 Å². The van der Waals surface area contributed by atoms with E-state index < -0.39 is 0 Å². The number of anilines is 1. The molecule has 3 heteroatoms. The van der Waals surface area contributed by atoms with Gasteiger partial charge in [-0.3, -0.25) is 4.79 Å². The Morgan fingerprint density at radius 3 is 2.57 bits per heavy atom. The van der Waals surface area contributed by atoms with E-state index in [4.69, 9.17) is 0 Å². The van der Waals surface area contributed by atoms with Gasteiger partial charge in [0.2, 0.25) is 5.91 Å². The Bertz CT molecular complexity index is 691. The second-order valence-electron chi connectivity index (χ2n) is 6.40. The number of benzene rings is 2. The van der Waals surface area contributed by atoms with Crippen LogP contribution in [0.1, 0.15) is 42.9 Å². The second-order valence-corrected chi connectivity index (χ2v) is 7.45. The largest absolute Gasteiger partial charge is 0.325 e. The number of rotatable bonds is 5. The molecule has 1 aliphatic rings. The van der Waals surface area contributed by atoms with Crippen LogP contribution in [-0.2, 0) is 17.6 Å². The molecule has 0 radical (unpaired) electrons. The molecule has 0 bridgehead atoms. The summed E-state index contributed by atoms with van der Waals surface area (Å²) in [5.74, 6) is 1.01. The molecule has 2 aromatic carbocycles. The van der Waals surface area contributed by atoms with Crippen LogP contribution in [0.3, 0.4) is 0 Å². The van der Waals surface area contributed by atoms with E-state index in [0.29, 0.717) is 11.7 Å². The summed E-state index contributed by atoms with van der Waals surface area (Å²) in [5, 5.41) is 2.97. The van der Waals surface area contributed by atoms with Crippen LogP contribution in [-0.4, -0.2) is 11.7 Å². The lowest BCUT2D eigenvalue weighted by molar-refractivity contribution is -0.113. The van der Waals surface area contributed by atoms with Gasteiger partial charge in [0.25, 0.3) is 0 Å². The van der Waals surface area contributed by atoms with Crippen molar-refractivity contribution in [2.45, 2.75) is 43.9 Å². The van der Waals surface area contributed by atoms with Crippen molar-refractivity contribution in [3.63, 3.8) is 0 Å². The average molecular weight is 325 g/mol. The van der Waals surface area contributed by atoms with Gasteiger partial charge in [-0.15, -0.1) is 11.8 Å². The fourth-order valence-corrected chi connectivity index (χ4v) is 3.70. The molecule has 0 spiro atoms. The zero-order chi connectivity index (χ0) is 16.2. The van der Waals surface area contributed by atoms with Crippen LogP contribution in [0.2, 0.25) is 0 Å². The first-order valence-electron chi connectivity index (χ1n) is 8.26. The van der Waals surface area contributed by atoms with Gasteiger partial charge in [0.15, 0.2) is 0 Å². The summed E-state index contributed by atoms with van der Waals surface area (Å²) in [4.78, 5) is 13.3. The minimum atomic E-state index is 0.0489. The van der Waals surface area contributed by atoms with E-state index in [-0.39, 0.29) is 5.91 Å². The van der Waals surface area contributed by atoms with Crippen LogP contribution >= 0.6 is 11.8 Å². The topological polar surface area (TPSA) is 29.1 Å². The minimum Gasteiger partial charge on any atom is -0.325 e. The highest BCUT2D eigenvalue weighted by Gasteiger charge is 2.11. The first-order chi connectivity index (χ1) is 11.1. The quantitative estimate of drug-likeness (QED) is 0.781. The molecule has 23 heavy (non-hydrogen) atoms. The Kier molecular flexibility index (Phi) is 5.06. The molecule has 2 nitrogen and oxygen atoms in total. The van der Waals surface area contributed by atoms with Gasteiger partial charge in [-0.2, -0.15) is 0 Å².